The van der Waals surface area contributed by atoms with Gasteiger partial charge >= 0.3 is 0 Å². The van der Waals surface area contributed by atoms with Gasteiger partial charge < -0.3 is 4.90 Å². The van der Waals surface area contributed by atoms with Gasteiger partial charge in [0.2, 0.25) is 0 Å². The van der Waals surface area contributed by atoms with E-state index in [1.807, 2.05) is 18.3 Å². The van der Waals surface area contributed by atoms with Crippen molar-refractivity contribution in [1.82, 2.24) is 34.4 Å². The van der Waals surface area contributed by atoms with Crippen LogP contribution in [0.15, 0.2) is 30.9 Å². The van der Waals surface area contributed by atoms with Crippen molar-refractivity contribution in [2.75, 3.05) is 31.1 Å². The average molecular weight is 364 g/mol. The lowest BCUT2D eigenvalue weighted by Crippen LogP contribution is -2.46. The van der Waals surface area contributed by atoms with Crippen molar-refractivity contribution in [1.29, 1.82) is 0 Å². The van der Waals surface area contributed by atoms with Crippen molar-refractivity contribution in [2.24, 2.45) is 7.05 Å². The van der Waals surface area contributed by atoms with Gasteiger partial charge in [-0.15, -0.1) is 0 Å². The highest BCUT2D eigenvalue weighted by molar-refractivity contribution is 5.43. The van der Waals surface area contributed by atoms with E-state index in [2.05, 4.69) is 36.6 Å². The molecule has 8 heteroatoms. The first-order valence-corrected chi connectivity index (χ1v) is 9.61. The molecule has 8 nitrogen and oxygen atoms in total. The molecule has 0 spiro atoms. The van der Waals surface area contributed by atoms with Gasteiger partial charge in [0.25, 0.3) is 0 Å². The summed E-state index contributed by atoms with van der Waals surface area (Å²) in [7, 11) is 2.08. The van der Waals surface area contributed by atoms with Crippen LogP contribution in [-0.2, 0) is 26.4 Å². The third-order valence-corrected chi connectivity index (χ3v) is 5.65. The Labute approximate surface area is 158 Å². The van der Waals surface area contributed by atoms with Gasteiger partial charge in [-0.1, -0.05) is 0 Å². The van der Waals surface area contributed by atoms with E-state index in [-0.39, 0.29) is 0 Å². The van der Waals surface area contributed by atoms with E-state index in [1.54, 1.807) is 17.2 Å². The molecule has 0 atom stereocenters. The van der Waals surface area contributed by atoms with Crippen LogP contribution < -0.4 is 4.90 Å². The molecule has 0 aromatic carbocycles. The highest BCUT2D eigenvalue weighted by Crippen LogP contribution is 2.26. The van der Waals surface area contributed by atoms with Gasteiger partial charge in [0.05, 0.1) is 11.4 Å². The van der Waals surface area contributed by atoms with E-state index in [0.717, 1.165) is 50.8 Å². The summed E-state index contributed by atoms with van der Waals surface area (Å²) in [6.07, 6.45) is 8.87. The summed E-state index contributed by atoms with van der Waals surface area (Å²) in [4.78, 5) is 13.7. The lowest BCUT2D eigenvalue weighted by molar-refractivity contribution is 0.242. The maximum atomic E-state index is 4.71. The summed E-state index contributed by atoms with van der Waals surface area (Å²) in [5.74, 6) is 1.77. The summed E-state index contributed by atoms with van der Waals surface area (Å²) in [5, 5.41) is 8.96. The lowest BCUT2D eigenvalue weighted by Gasteiger charge is -2.35. The third-order valence-electron chi connectivity index (χ3n) is 5.65. The number of nitrogens with zero attached hydrogens (tertiary/aromatic N) is 8. The largest absolute Gasteiger partial charge is 0.354 e. The normalized spacial score (nSPS) is 17.4. The Morgan fingerprint density at radius 1 is 1.04 bits per heavy atom. The third kappa shape index (κ3) is 3.10. The van der Waals surface area contributed by atoms with Crippen LogP contribution in [0.4, 0.5) is 5.82 Å². The number of hydrogen-bond donors (Lipinski definition) is 0. The number of hydrogen-bond acceptors (Lipinski definition) is 6. The van der Waals surface area contributed by atoms with Crippen molar-refractivity contribution >= 4 is 5.82 Å². The molecule has 1 fully saturated rings. The van der Waals surface area contributed by atoms with Gasteiger partial charge in [-0.2, -0.15) is 10.2 Å². The zero-order chi connectivity index (χ0) is 18.2. The van der Waals surface area contributed by atoms with Crippen molar-refractivity contribution in [3.05, 3.63) is 47.8 Å². The first-order chi connectivity index (χ1) is 13.3. The molecule has 0 amide bonds. The fourth-order valence-electron chi connectivity index (χ4n) is 4.17. The molecule has 4 heterocycles. The highest BCUT2D eigenvalue weighted by atomic mass is 15.3. The minimum absolute atomic E-state index is 0.804. The van der Waals surface area contributed by atoms with E-state index in [9.17, 15) is 0 Å². The SMILES string of the molecule is Cn1nc2c(c1CN1CCN(c3cc(-n4cccn4)ncn3)CC1)CCC2. The lowest BCUT2D eigenvalue weighted by atomic mass is 10.2. The molecule has 3 aromatic rings. The quantitative estimate of drug-likeness (QED) is 0.693. The molecule has 140 valence electrons. The second-order valence-corrected chi connectivity index (χ2v) is 7.30. The molecule has 1 aliphatic carbocycles. The topological polar surface area (TPSA) is 67.9 Å². The fraction of sp³-hybridized carbons (Fsp3) is 0.474. The minimum Gasteiger partial charge on any atom is -0.354 e. The second-order valence-electron chi connectivity index (χ2n) is 7.30. The Balaban J connectivity index is 1.25. The fourth-order valence-corrected chi connectivity index (χ4v) is 4.17. The van der Waals surface area contributed by atoms with Crippen molar-refractivity contribution < 1.29 is 0 Å². The first kappa shape index (κ1) is 16.4. The Morgan fingerprint density at radius 3 is 2.70 bits per heavy atom. The van der Waals surface area contributed by atoms with Gasteiger partial charge in [-0.3, -0.25) is 9.58 Å². The Bertz CT molecular complexity index is 921. The van der Waals surface area contributed by atoms with Crippen molar-refractivity contribution in [2.45, 2.75) is 25.8 Å². The summed E-state index contributed by atoms with van der Waals surface area (Å²) in [6, 6.07) is 3.91. The van der Waals surface area contributed by atoms with Crippen LogP contribution >= 0.6 is 0 Å². The minimum atomic E-state index is 0.804. The Kier molecular flexibility index (Phi) is 4.12. The molecule has 1 aliphatic heterocycles. The van der Waals surface area contributed by atoms with Crippen LogP contribution in [0, 0.1) is 0 Å². The predicted molar refractivity (Wildman–Crippen MR) is 102 cm³/mol. The smallest absolute Gasteiger partial charge is 0.158 e. The maximum Gasteiger partial charge on any atom is 0.158 e. The van der Waals surface area contributed by atoms with Crippen LogP contribution in [0.5, 0.6) is 0 Å². The van der Waals surface area contributed by atoms with Gasteiger partial charge in [0, 0.05) is 58.2 Å². The van der Waals surface area contributed by atoms with Gasteiger partial charge in [-0.25, -0.2) is 14.6 Å². The van der Waals surface area contributed by atoms with Crippen LogP contribution in [0.25, 0.3) is 5.82 Å². The van der Waals surface area contributed by atoms with E-state index in [1.165, 1.54) is 29.8 Å². The summed E-state index contributed by atoms with van der Waals surface area (Å²) in [5.41, 5.74) is 4.22. The molecule has 27 heavy (non-hydrogen) atoms. The Morgan fingerprint density at radius 2 is 1.89 bits per heavy atom. The van der Waals surface area contributed by atoms with Gasteiger partial charge in [-0.05, 0) is 30.9 Å². The summed E-state index contributed by atoms with van der Waals surface area (Å²) in [6.45, 7) is 4.99. The van der Waals surface area contributed by atoms with E-state index < -0.39 is 0 Å². The number of fused-ring (bicyclic) bond motifs is 1. The number of anilines is 1. The zero-order valence-corrected chi connectivity index (χ0v) is 15.6. The predicted octanol–water partition coefficient (Wildman–Crippen LogP) is 1.21. The number of rotatable bonds is 4. The van der Waals surface area contributed by atoms with Crippen molar-refractivity contribution in [3.8, 4) is 5.82 Å². The molecular formula is C19H24N8. The van der Waals surface area contributed by atoms with E-state index in [4.69, 9.17) is 5.10 Å². The summed E-state index contributed by atoms with van der Waals surface area (Å²) >= 11 is 0. The van der Waals surface area contributed by atoms with E-state index in [0.29, 0.717) is 0 Å². The molecule has 0 N–H and O–H groups in total. The molecule has 1 saturated heterocycles. The summed E-state index contributed by atoms with van der Waals surface area (Å²) < 4.78 is 3.86. The van der Waals surface area contributed by atoms with Gasteiger partial charge in [0.1, 0.15) is 12.1 Å². The first-order valence-electron chi connectivity index (χ1n) is 9.61. The van der Waals surface area contributed by atoms with Crippen LogP contribution in [0.3, 0.4) is 0 Å². The highest BCUT2D eigenvalue weighted by Gasteiger charge is 2.24. The molecule has 2 aliphatic rings. The van der Waals surface area contributed by atoms with Crippen LogP contribution in [-0.4, -0.2) is 60.6 Å². The number of piperazine rings is 1. The molecule has 0 saturated carbocycles. The standard InChI is InChI=1S/C19H24N8/c1-24-17(15-4-2-5-16(15)23-24)13-25-8-10-26(11-9-25)18-12-19(21-14-20-18)27-7-3-6-22-27/h3,6-7,12,14H,2,4-5,8-11,13H2,1H3. The molecule has 0 radical (unpaired) electrons. The zero-order valence-electron chi connectivity index (χ0n) is 15.6. The Hall–Kier alpha value is -2.74. The number of aryl methyl sites for hydroxylation is 2. The maximum absolute atomic E-state index is 4.71. The van der Waals surface area contributed by atoms with Gasteiger partial charge in [0.15, 0.2) is 5.82 Å². The monoisotopic (exact) mass is 364 g/mol. The van der Waals surface area contributed by atoms with E-state index >= 15 is 0 Å². The van der Waals surface area contributed by atoms with Crippen LogP contribution in [0.2, 0.25) is 0 Å². The molecule has 0 unspecified atom stereocenters. The number of aromatic nitrogens is 6. The molecule has 0 bridgehead atoms. The molecular weight excluding hydrogens is 340 g/mol. The average Bonchev–Trinajstić information content (AvgIpc) is 3.43. The molecule has 5 rings (SSSR count). The van der Waals surface area contributed by atoms with Crippen LogP contribution in [0.1, 0.15) is 23.4 Å². The van der Waals surface area contributed by atoms with Crippen molar-refractivity contribution in [3.63, 3.8) is 0 Å². The molecule has 3 aromatic heterocycles. The second kappa shape index (κ2) is 6.77.